The maximum Gasteiger partial charge on any atom is 0.119 e. The molecule has 0 aliphatic carbocycles. The highest BCUT2D eigenvalue weighted by molar-refractivity contribution is 7.99. The molecule has 0 radical (unpaired) electrons. The van der Waals surface area contributed by atoms with Gasteiger partial charge in [0.05, 0.1) is 6.07 Å². The van der Waals surface area contributed by atoms with E-state index in [0.29, 0.717) is 5.92 Å². The first-order chi connectivity index (χ1) is 5.25. The number of nitriles is 1. The average Bonchev–Trinajstić information content (AvgIpc) is 2.35. The zero-order valence-corrected chi connectivity index (χ0v) is 7.87. The van der Waals surface area contributed by atoms with Gasteiger partial charge >= 0.3 is 0 Å². The Labute approximate surface area is 72.4 Å². The summed E-state index contributed by atoms with van der Waals surface area (Å²) in [6.45, 7) is 5.08. The van der Waals surface area contributed by atoms with Crippen LogP contribution < -0.4 is 5.32 Å². The fourth-order valence-electron chi connectivity index (χ4n) is 1.40. The molecule has 0 aromatic heterocycles. The Bertz CT molecular complexity index is 175. The largest absolute Gasteiger partial charge is 0.299 e. The molecular formula is C8H14N2S. The van der Waals surface area contributed by atoms with Crippen molar-refractivity contribution in [1.29, 1.82) is 5.26 Å². The van der Waals surface area contributed by atoms with E-state index in [2.05, 4.69) is 25.2 Å². The molecule has 2 nitrogen and oxygen atoms in total. The first kappa shape index (κ1) is 8.89. The summed E-state index contributed by atoms with van der Waals surface area (Å²) < 4.78 is 0. The maximum absolute atomic E-state index is 8.99. The molecule has 1 saturated heterocycles. The monoisotopic (exact) mass is 170 g/mol. The third-order valence-corrected chi connectivity index (χ3v) is 3.63. The zero-order valence-electron chi connectivity index (χ0n) is 7.05. The van der Waals surface area contributed by atoms with Gasteiger partial charge in [0, 0.05) is 5.75 Å². The lowest BCUT2D eigenvalue weighted by Gasteiger charge is -2.25. The minimum absolute atomic E-state index is 0.237. The second-order valence-electron chi connectivity index (χ2n) is 3.03. The van der Waals surface area contributed by atoms with Crippen LogP contribution in [0.2, 0.25) is 0 Å². The van der Waals surface area contributed by atoms with E-state index in [1.165, 1.54) is 0 Å². The highest BCUT2D eigenvalue weighted by Crippen LogP contribution is 2.32. The Morgan fingerprint density at radius 2 is 2.55 bits per heavy atom. The molecule has 0 amide bonds. The van der Waals surface area contributed by atoms with Gasteiger partial charge in [0.2, 0.25) is 0 Å². The number of nitrogens with one attached hydrogen (secondary N) is 1. The fraction of sp³-hybridized carbons (Fsp3) is 0.875. The van der Waals surface area contributed by atoms with Gasteiger partial charge in [0.25, 0.3) is 0 Å². The topological polar surface area (TPSA) is 35.8 Å². The minimum Gasteiger partial charge on any atom is -0.299 e. The van der Waals surface area contributed by atoms with Crippen molar-refractivity contribution in [1.82, 2.24) is 5.32 Å². The SMILES string of the molecule is CCNC1(C#N)CSCC1C. The molecule has 0 saturated carbocycles. The van der Waals surface area contributed by atoms with Crippen LogP contribution in [0.3, 0.4) is 0 Å². The van der Waals surface area contributed by atoms with E-state index < -0.39 is 0 Å². The van der Waals surface area contributed by atoms with Gasteiger partial charge in [-0.1, -0.05) is 13.8 Å². The van der Waals surface area contributed by atoms with Gasteiger partial charge in [-0.05, 0) is 18.2 Å². The number of hydrogen-bond donors (Lipinski definition) is 1. The normalized spacial score (nSPS) is 37.0. The van der Waals surface area contributed by atoms with Gasteiger partial charge in [-0.2, -0.15) is 17.0 Å². The van der Waals surface area contributed by atoms with Crippen molar-refractivity contribution in [2.45, 2.75) is 19.4 Å². The number of nitrogens with zero attached hydrogens (tertiary/aromatic N) is 1. The van der Waals surface area contributed by atoms with Crippen LogP contribution in [0.1, 0.15) is 13.8 Å². The van der Waals surface area contributed by atoms with Gasteiger partial charge in [0.15, 0.2) is 0 Å². The molecule has 1 aliphatic rings. The molecule has 0 bridgehead atoms. The predicted molar refractivity (Wildman–Crippen MR) is 48.5 cm³/mol. The molecule has 0 aromatic rings. The van der Waals surface area contributed by atoms with Crippen LogP contribution in [-0.2, 0) is 0 Å². The fourth-order valence-corrected chi connectivity index (χ4v) is 2.93. The zero-order chi connectivity index (χ0) is 8.32. The van der Waals surface area contributed by atoms with Crippen LogP contribution in [-0.4, -0.2) is 23.6 Å². The lowest BCUT2D eigenvalue weighted by molar-refractivity contribution is 0.372. The second-order valence-corrected chi connectivity index (χ2v) is 4.06. The molecule has 62 valence electrons. The van der Waals surface area contributed by atoms with E-state index in [0.717, 1.165) is 18.1 Å². The van der Waals surface area contributed by atoms with Gasteiger partial charge < -0.3 is 0 Å². The average molecular weight is 170 g/mol. The van der Waals surface area contributed by atoms with Crippen molar-refractivity contribution in [3.05, 3.63) is 0 Å². The molecule has 1 N–H and O–H groups in total. The minimum atomic E-state index is -0.237. The summed E-state index contributed by atoms with van der Waals surface area (Å²) in [4.78, 5) is 0. The van der Waals surface area contributed by atoms with Crippen LogP contribution in [0.5, 0.6) is 0 Å². The molecule has 11 heavy (non-hydrogen) atoms. The molecule has 1 heterocycles. The Balaban J connectivity index is 2.67. The van der Waals surface area contributed by atoms with Crippen LogP contribution in [0.25, 0.3) is 0 Å². The van der Waals surface area contributed by atoms with Crippen LogP contribution in [0.15, 0.2) is 0 Å². The standard InChI is InChI=1S/C8H14N2S/c1-3-10-8(5-9)6-11-4-7(8)2/h7,10H,3-4,6H2,1-2H3. The Morgan fingerprint density at radius 3 is 2.91 bits per heavy atom. The summed E-state index contributed by atoms with van der Waals surface area (Å²) in [5, 5.41) is 12.3. The summed E-state index contributed by atoms with van der Waals surface area (Å²) in [7, 11) is 0. The summed E-state index contributed by atoms with van der Waals surface area (Å²) in [6, 6.07) is 2.40. The third-order valence-electron chi connectivity index (χ3n) is 2.23. The Kier molecular flexibility index (Phi) is 2.80. The Hall–Kier alpha value is -0.200. The predicted octanol–water partition coefficient (Wildman–Crippen LogP) is 1.24. The summed E-state index contributed by atoms with van der Waals surface area (Å²) in [6.07, 6.45) is 0. The highest BCUT2D eigenvalue weighted by atomic mass is 32.2. The Morgan fingerprint density at radius 1 is 1.82 bits per heavy atom. The van der Waals surface area contributed by atoms with Crippen molar-refractivity contribution in [3.63, 3.8) is 0 Å². The van der Waals surface area contributed by atoms with E-state index in [-0.39, 0.29) is 5.54 Å². The molecule has 2 atom stereocenters. The summed E-state index contributed by atoms with van der Waals surface area (Å²) in [5.74, 6) is 2.54. The van der Waals surface area contributed by atoms with Crippen LogP contribution in [0.4, 0.5) is 0 Å². The molecule has 0 spiro atoms. The van der Waals surface area contributed by atoms with Crippen molar-refractivity contribution < 1.29 is 0 Å². The van der Waals surface area contributed by atoms with E-state index in [1.54, 1.807) is 0 Å². The molecule has 2 unspecified atom stereocenters. The van der Waals surface area contributed by atoms with E-state index in [1.807, 2.05) is 11.8 Å². The van der Waals surface area contributed by atoms with Gasteiger partial charge in [0.1, 0.15) is 5.54 Å². The van der Waals surface area contributed by atoms with Crippen molar-refractivity contribution in [3.8, 4) is 6.07 Å². The number of thioether (sulfide) groups is 1. The molecular weight excluding hydrogens is 156 g/mol. The maximum atomic E-state index is 8.99. The van der Waals surface area contributed by atoms with Crippen molar-refractivity contribution in [2.75, 3.05) is 18.1 Å². The van der Waals surface area contributed by atoms with Crippen molar-refractivity contribution in [2.24, 2.45) is 5.92 Å². The van der Waals surface area contributed by atoms with Gasteiger partial charge in [-0.25, -0.2) is 0 Å². The smallest absolute Gasteiger partial charge is 0.119 e. The number of hydrogen-bond acceptors (Lipinski definition) is 3. The molecule has 1 rings (SSSR count). The lowest BCUT2D eigenvalue weighted by atomic mass is 9.90. The van der Waals surface area contributed by atoms with Crippen LogP contribution >= 0.6 is 11.8 Å². The summed E-state index contributed by atoms with van der Waals surface area (Å²) >= 11 is 1.87. The van der Waals surface area contributed by atoms with E-state index >= 15 is 0 Å². The lowest BCUT2D eigenvalue weighted by Crippen LogP contribution is -2.48. The number of rotatable bonds is 2. The van der Waals surface area contributed by atoms with E-state index in [9.17, 15) is 0 Å². The van der Waals surface area contributed by atoms with Gasteiger partial charge in [-0.3, -0.25) is 5.32 Å². The second kappa shape index (κ2) is 3.46. The van der Waals surface area contributed by atoms with Crippen molar-refractivity contribution >= 4 is 11.8 Å². The quantitative estimate of drug-likeness (QED) is 0.677. The summed E-state index contributed by atoms with van der Waals surface area (Å²) in [5.41, 5.74) is -0.237. The molecule has 3 heteroatoms. The molecule has 1 aliphatic heterocycles. The molecule has 0 aromatic carbocycles. The highest BCUT2D eigenvalue weighted by Gasteiger charge is 2.40. The third kappa shape index (κ3) is 1.52. The van der Waals surface area contributed by atoms with Gasteiger partial charge in [-0.15, -0.1) is 0 Å². The first-order valence-corrected chi connectivity index (χ1v) is 5.14. The molecule has 1 fully saturated rings. The van der Waals surface area contributed by atoms with Crippen LogP contribution in [0, 0.1) is 17.2 Å². The van der Waals surface area contributed by atoms with E-state index in [4.69, 9.17) is 5.26 Å². The first-order valence-electron chi connectivity index (χ1n) is 3.99.